The third-order valence-electron chi connectivity index (χ3n) is 3.41. The zero-order chi connectivity index (χ0) is 14.9. The van der Waals surface area contributed by atoms with Crippen molar-refractivity contribution in [1.29, 1.82) is 0 Å². The normalized spacial score (nSPS) is 17.0. The monoisotopic (exact) mass is 419 g/mol. The maximum atomic E-state index is 6.00. The fourth-order valence-corrected chi connectivity index (χ4v) is 2.15. The van der Waals surface area contributed by atoms with E-state index in [2.05, 4.69) is 28.9 Å². The van der Waals surface area contributed by atoms with E-state index in [4.69, 9.17) is 15.2 Å². The highest BCUT2D eigenvalue weighted by molar-refractivity contribution is 14.0. The molecule has 1 aliphatic rings. The molecule has 1 saturated heterocycles. The third-order valence-corrected chi connectivity index (χ3v) is 3.41. The molecule has 0 amide bonds. The average molecular weight is 419 g/mol. The van der Waals surface area contributed by atoms with Crippen molar-refractivity contribution in [3.63, 3.8) is 0 Å². The van der Waals surface area contributed by atoms with E-state index in [1.165, 1.54) is 5.56 Å². The Kier molecular flexibility index (Phi) is 9.42. The summed E-state index contributed by atoms with van der Waals surface area (Å²) in [6.07, 6.45) is 0. The van der Waals surface area contributed by atoms with Gasteiger partial charge in [-0.1, -0.05) is 37.3 Å². The molecule has 0 spiro atoms. The van der Waals surface area contributed by atoms with Crippen LogP contribution >= 0.6 is 24.0 Å². The fraction of sp³-hybridized carbons (Fsp3) is 0.562. The van der Waals surface area contributed by atoms with E-state index in [0.29, 0.717) is 31.6 Å². The summed E-state index contributed by atoms with van der Waals surface area (Å²) >= 11 is 0. The highest BCUT2D eigenvalue weighted by atomic mass is 127. The van der Waals surface area contributed by atoms with Gasteiger partial charge in [-0.25, -0.2) is 0 Å². The van der Waals surface area contributed by atoms with Crippen molar-refractivity contribution < 1.29 is 9.47 Å². The van der Waals surface area contributed by atoms with Crippen LogP contribution in [-0.4, -0.2) is 50.3 Å². The molecule has 1 aromatic rings. The van der Waals surface area contributed by atoms with Gasteiger partial charge >= 0.3 is 0 Å². The van der Waals surface area contributed by atoms with Gasteiger partial charge in [0.15, 0.2) is 5.96 Å². The van der Waals surface area contributed by atoms with Gasteiger partial charge in [-0.3, -0.25) is 4.99 Å². The van der Waals surface area contributed by atoms with Crippen molar-refractivity contribution in [1.82, 2.24) is 4.90 Å². The van der Waals surface area contributed by atoms with E-state index in [1.807, 2.05) is 18.2 Å². The number of nitrogens with two attached hydrogens (primary N) is 1. The fourth-order valence-electron chi connectivity index (χ4n) is 2.15. The molecule has 1 aliphatic heterocycles. The number of hydrogen-bond acceptors (Lipinski definition) is 3. The lowest BCUT2D eigenvalue weighted by molar-refractivity contribution is 0.0671. The van der Waals surface area contributed by atoms with E-state index in [-0.39, 0.29) is 24.0 Å². The number of nitrogens with zero attached hydrogens (tertiary/aromatic N) is 2. The van der Waals surface area contributed by atoms with Crippen molar-refractivity contribution >= 4 is 29.9 Å². The molecule has 0 radical (unpaired) electrons. The van der Waals surface area contributed by atoms with E-state index in [1.54, 1.807) is 0 Å². The summed E-state index contributed by atoms with van der Waals surface area (Å²) in [6, 6.07) is 10.2. The van der Waals surface area contributed by atoms with Crippen LogP contribution in [0.3, 0.4) is 0 Å². The summed E-state index contributed by atoms with van der Waals surface area (Å²) in [6.45, 7) is 7.27. The number of hydrogen-bond donors (Lipinski definition) is 1. The Labute approximate surface area is 149 Å². The summed E-state index contributed by atoms with van der Waals surface area (Å²) in [7, 11) is 0. The molecule has 6 heteroatoms. The number of rotatable bonds is 6. The second-order valence-corrected chi connectivity index (χ2v) is 5.40. The SMILES string of the molecule is CC(CN=C(N)N1CCOCC1)COCc1ccccc1.I. The Hall–Kier alpha value is -0.860. The summed E-state index contributed by atoms with van der Waals surface area (Å²) in [5.41, 5.74) is 7.19. The Morgan fingerprint density at radius 3 is 2.68 bits per heavy atom. The second kappa shape index (κ2) is 10.8. The standard InChI is InChI=1S/C16H25N3O2.HI/c1-14(12-21-13-15-5-3-2-4-6-15)11-18-16(17)19-7-9-20-10-8-19;/h2-6,14H,7-13H2,1H3,(H2,17,18);1H. The van der Waals surface area contributed by atoms with Gasteiger partial charge in [0.25, 0.3) is 0 Å². The van der Waals surface area contributed by atoms with Gasteiger partial charge in [0.2, 0.25) is 0 Å². The maximum Gasteiger partial charge on any atom is 0.191 e. The van der Waals surface area contributed by atoms with Crippen LogP contribution in [0.1, 0.15) is 12.5 Å². The number of benzene rings is 1. The van der Waals surface area contributed by atoms with E-state index >= 15 is 0 Å². The van der Waals surface area contributed by atoms with Crippen molar-refractivity contribution in [2.24, 2.45) is 16.6 Å². The van der Waals surface area contributed by atoms with Crippen molar-refractivity contribution in [2.45, 2.75) is 13.5 Å². The van der Waals surface area contributed by atoms with Crippen LogP contribution < -0.4 is 5.73 Å². The van der Waals surface area contributed by atoms with Gasteiger partial charge < -0.3 is 20.1 Å². The van der Waals surface area contributed by atoms with Gasteiger partial charge in [-0.05, 0) is 11.5 Å². The Morgan fingerprint density at radius 1 is 1.32 bits per heavy atom. The lowest BCUT2D eigenvalue weighted by Crippen LogP contribution is -2.45. The third kappa shape index (κ3) is 6.93. The minimum atomic E-state index is 0. The lowest BCUT2D eigenvalue weighted by Gasteiger charge is -2.27. The first kappa shape index (κ1) is 19.2. The zero-order valence-electron chi connectivity index (χ0n) is 13.1. The van der Waals surface area contributed by atoms with Crippen molar-refractivity contribution in [3.05, 3.63) is 35.9 Å². The topological polar surface area (TPSA) is 60.1 Å². The van der Waals surface area contributed by atoms with E-state index in [0.717, 1.165) is 26.3 Å². The second-order valence-electron chi connectivity index (χ2n) is 5.40. The smallest absolute Gasteiger partial charge is 0.191 e. The van der Waals surface area contributed by atoms with Gasteiger partial charge in [0.05, 0.1) is 26.4 Å². The minimum Gasteiger partial charge on any atom is -0.378 e. The molecule has 1 fully saturated rings. The van der Waals surface area contributed by atoms with Crippen molar-refractivity contribution in [3.8, 4) is 0 Å². The molecule has 1 aromatic carbocycles. The first-order valence-corrected chi connectivity index (χ1v) is 7.50. The maximum absolute atomic E-state index is 6.00. The number of halogens is 1. The van der Waals surface area contributed by atoms with Gasteiger partial charge in [-0.2, -0.15) is 0 Å². The first-order valence-electron chi connectivity index (χ1n) is 7.50. The van der Waals surface area contributed by atoms with Crippen LogP contribution in [-0.2, 0) is 16.1 Å². The van der Waals surface area contributed by atoms with Crippen LogP contribution in [0.25, 0.3) is 0 Å². The molecule has 0 saturated carbocycles. The molecule has 124 valence electrons. The molecular formula is C16H26IN3O2. The van der Waals surface area contributed by atoms with Crippen LogP contribution in [0, 0.1) is 5.92 Å². The van der Waals surface area contributed by atoms with Crippen LogP contribution in [0.15, 0.2) is 35.3 Å². The predicted octanol–water partition coefficient (Wildman–Crippen LogP) is 2.10. The van der Waals surface area contributed by atoms with E-state index < -0.39 is 0 Å². The van der Waals surface area contributed by atoms with Gasteiger partial charge in [0.1, 0.15) is 0 Å². The highest BCUT2D eigenvalue weighted by Crippen LogP contribution is 2.04. The number of ether oxygens (including phenoxy) is 2. The molecule has 5 nitrogen and oxygen atoms in total. The van der Waals surface area contributed by atoms with Crippen LogP contribution in [0.2, 0.25) is 0 Å². The van der Waals surface area contributed by atoms with E-state index in [9.17, 15) is 0 Å². The van der Waals surface area contributed by atoms with Gasteiger partial charge in [-0.15, -0.1) is 24.0 Å². The highest BCUT2D eigenvalue weighted by Gasteiger charge is 2.12. The van der Waals surface area contributed by atoms with Crippen LogP contribution in [0.5, 0.6) is 0 Å². The molecule has 1 atom stereocenters. The molecular weight excluding hydrogens is 393 g/mol. The summed E-state index contributed by atoms with van der Waals surface area (Å²) in [5.74, 6) is 0.974. The lowest BCUT2D eigenvalue weighted by atomic mass is 10.2. The van der Waals surface area contributed by atoms with Gasteiger partial charge in [0, 0.05) is 19.6 Å². The summed E-state index contributed by atoms with van der Waals surface area (Å²) in [4.78, 5) is 6.53. The van der Waals surface area contributed by atoms with Crippen LogP contribution in [0.4, 0.5) is 0 Å². The molecule has 0 bridgehead atoms. The quantitative estimate of drug-likeness (QED) is 0.436. The summed E-state index contributed by atoms with van der Waals surface area (Å²) < 4.78 is 11.0. The number of morpholine rings is 1. The first-order chi connectivity index (χ1) is 10.3. The number of guanidine groups is 1. The number of aliphatic imine (C=N–C) groups is 1. The largest absolute Gasteiger partial charge is 0.378 e. The molecule has 22 heavy (non-hydrogen) atoms. The minimum absolute atomic E-state index is 0. The predicted molar refractivity (Wildman–Crippen MR) is 99.6 cm³/mol. The Morgan fingerprint density at radius 2 is 2.00 bits per heavy atom. The molecule has 0 aliphatic carbocycles. The van der Waals surface area contributed by atoms with Crippen molar-refractivity contribution in [2.75, 3.05) is 39.5 Å². The summed E-state index contributed by atoms with van der Waals surface area (Å²) in [5, 5.41) is 0. The average Bonchev–Trinajstić information content (AvgIpc) is 2.54. The molecule has 1 heterocycles. The Bertz CT molecular complexity index is 436. The molecule has 1 unspecified atom stereocenters. The zero-order valence-corrected chi connectivity index (χ0v) is 15.4. The molecule has 2 N–H and O–H groups in total. The molecule has 0 aromatic heterocycles. The molecule has 2 rings (SSSR count). The Balaban J connectivity index is 0.00000242.